The Morgan fingerprint density at radius 2 is 1.89 bits per heavy atom. The quantitative estimate of drug-likeness (QED) is 0.754. The van der Waals surface area contributed by atoms with Crippen LogP contribution in [0.2, 0.25) is 0 Å². The summed E-state index contributed by atoms with van der Waals surface area (Å²) in [7, 11) is 0. The van der Waals surface area contributed by atoms with Gasteiger partial charge in [-0.2, -0.15) is 5.10 Å². The molecular weight excluding hydrogens is 350 g/mol. The second-order valence-electron chi connectivity index (χ2n) is 7.52. The van der Waals surface area contributed by atoms with Crippen LogP contribution in [-0.4, -0.2) is 40.7 Å². The number of carbonyl (C=O) groups excluding carboxylic acids is 1. The summed E-state index contributed by atoms with van der Waals surface area (Å²) in [5, 5.41) is 7.50. The van der Waals surface area contributed by atoms with E-state index in [9.17, 15) is 4.79 Å². The van der Waals surface area contributed by atoms with Crippen LogP contribution in [0.15, 0.2) is 54.7 Å². The Bertz CT molecular complexity index is 988. The number of carbonyl (C=O) groups is 1. The van der Waals surface area contributed by atoms with Gasteiger partial charge in [0.15, 0.2) is 0 Å². The minimum absolute atomic E-state index is 0.0880. The molecular formula is C23H23N3O2. The molecule has 0 atom stereocenters. The Morgan fingerprint density at radius 1 is 1.07 bits per heavy atom. The third-order valence-electron chi connectivity index (χ3n) is 5.89. The number of piperidine rings is 1. The Morgan fingerprint density at radius 3 is 2.71 bits per heavy atom. The van der Waals surface area contributed by atoms with Crippen LogP contribution in [0.3, 0.4) is 0 Å². The number of likely N-dealkylation sites (tertiary alicyclic amines) is 1. The summed E-state index contributed by atoms with van der Waals surface area (Å²) in [6.45, 7) is 2.17. The topological polar surface area (TPSA) is 58.2 Å². The van der Waals surface area contributed by atoms with Gasteiger partial charge in [0.1, 0.15) is 5.75 Å². The lowest BCUT2D eigenvalue weighted by Crippen LogP contribution is -2.38. The van der Waals surface area contributed by atoms with Gasteiger partial charge in [-0.05, 0) is 30.0 Å². The molecule has 1 fully saturated rings. The highest BCUT2D eigenvalue weighted by Gasteiger charge is 2.29. The molecule has 2 aromatic carbocycles. The van der Waals surface area contributed by atoms with E-state index in [1.54, 1.807) is 0 Å². The third-order valence-corrected chi connectivity index (χ3v) is 5.89. The highest BCUT2D eigenvalue weighted by Crippen LogP contribution is 2.35. The van der Waals surface area contributed by atoms with Crippen molar-refractivity contribution in [2.75, 3.05) is 19.7 Å². The van der Waals surface area contributed by atoms with Gasteiger partial charge in [-0.1, -0.05) is 42.5 Å². The summed E-state index contributed by atoms with van der Waals surface area (Å²) in [5.74, 6) is 1.26. The Kier molecular flexibility index (Phi) is 4.35. The van der Waals surface area contributed by atoms with Crippen LogP contribution in [0, 0.1) is 0 Å². The lowest BCUT2D eigenvalue weighted by atomic mass is 9.89. The SMILES string of the molecule is O=C(c1cccc2c1OCC2)N1CCC(c2[nH]ncc2-c2ccccc2)CC1. The van der Waals surface area contributed by atoms with Crippen LogP contribution >= 0.6 is 0 Å². The molecule has 1 aromatic heterocycles. The normalized spacial score (nSPS) is 16.6. The Balaban J connectivity index is 1.31. The molecule has 5 rings (SSSR count). The van der Waals surface area contributed by atoms with Gasteiger partial charge in [-0.25, -0.2) is 0 Å². The van der Waals surface area contributed by atoms with Gasteiger partial charge in [0, 0.05) is 36.7 Å². The number of benzene rings is 2. The van der Waals surface area contributed by atoms with Crippen molar-refractivity contribution >= 4 is 5.91 Å². The van der Waals surface area contributed by atoms with Crippen molar-refractivity contribution in [1.29, 1.82) is 0 Å². The average Bonchev–Trinajstić information content (AvgIpc) is 3.43. The molecule has 28 heavy (non-hydrogen) atoms. The standard InChI is InChI=1S/C23H23N3O2/c27-23(19-8-4-7-18-11-14-28-22(18)19)26-12-9-17(10-13-26)21-20(15-24-25-21)16-5-2-1-3-6-16/h1-8,15,17H,9-14H2,(H,24,25). The van der Waals surface area contributed by atoms with Crippen molar-refractivity contribution in [3.05, 3.63) is 71.5 Å². The summed E-state index contributed by atoms with van der Waals surface area (Å²) in [6.07, 6.45) is 4.67. The number of rotatable bonds is 3. The van der Waals surface area contributed by atoms with E-state index in [1.807, 2.05) is 41.4 Å². The van der Waals surface area contributed by atoms with E-state index in [2.05, 4.69) is 28.4 Å². The molecule has 2 aliphatic heterocycles. The lowest BCUT2D eigenvalue weighted by molar-refractivity contribution is 0.0708. The first-order valence-electron chi connectivity index (χ1n) is 9.94. The number of H-pyrrole nitrogens is 1. The maximum atomic E-state index is 13.1. The molecule has 5 heteroatoms. The Hall–Kier alpha value is -3.08. The van der Waals surface area contributed by atoms with E-state index < -0.39 is 0 Å². The summed E-state index contributed by atoms with van der Waals surface area (Å²) in [4.78, 5) is 15.0. The van der Waals surface area contributed by atoms with Crippen molar-refractivity contribution in [3.63, 3.8) is 0 Å². The van der Waals surface area contributed by atoms with Crippen LogP contribution in [0.1, 0.15) is 40.4 Å². The zero-order valence-electron chi connectivity index (χ0n) is 15.7. The second kappa shape index (κ2) is 7.15. The summed E-state index contributed by atoms with van der Waals surface area (Å²) < 4.78 is 5.73. The zero-order valence-corrected chi connectivity index (χ0v) is 15.7. The van der Waals surface area contributed by atoms with E-state index in [-0.39, 0.29) is 5.91 Å². The van der Waals surface area contributed by atoms with Gasteiger partial charge in [-0.3, -0.25) is 9.89 Å². The van der Waals surface area contributed by atoms with Crippen molar-refractivity contribution in [2.24, 2.45) is 0 Å². The first-order chi connectivity index (χ1) is 13.8. The van der Waals surface area contributed by atoms with Crippen molar-refractivity contribution in [3.8, 4) is 16.9 Å². The average molecular weight is 373 g/mol. The summed E-state index contributed by atoms with van der Waals surface area (Å²) >= 11 is 0. The fraction of sp³-hybridized carbons (Fsp3) is 0.304. The molecule has 0 saturated carbocycles. The number of hydrogen-bond acceptors (Lipinski definition) is 3. The predicted octanol–water partition coefficient (Wildman–Crippen LogP) is 4.03. The molecule has 0 unspecified atom stereocenters. The van der Waals surface area contributed by atoms with E-state index in [0.717, 1.165) is 43.7 Å². The number of para-hydroxylation sites is 1. The van der Waals surface area contributed by atoms with Crippen molar-refractivity contribution < 1.29 is 9.53 Å². The summed E-state index contributed by atoms with van der Waals surface area (Å²) in [5.41, 5.74) is 5.38. The first-order valence-corrected chi connectivity index (χ1v) is 9.94. The highest BCUT2D eigenvalue weighted by molar-refractivity contribution is 5.97. The molecule has 0 aliphatic carbocycles. The van der Waals surface area contributed by atoms with Crippen molar-refractivity contribution in [2.45, 2.75) is 25.2 Å². The molecule has 0 spiro atoms. The minimum Gasteiger partial charge on any atom is -0.492 e. The lowest BCUT2D eigenvalue weighted by Gasteiger charge is -2.32. The van der Waals surface area contributed by atoms with E-state index in [1.165, 1.54) is 16.8 Å². The van der Waals surface area contributed by atoms with Crippen LogP contribution in [-0.2, 0) is 6.42 Å². The second-order valence-corrected chi connectivity index (χ2v) is 7.52. The minimum atomic E-state index is 0.0880. The monoisotopic (exact) mass is 373 g/mol. The third kappa shape index (κ3) is 2.97. The number of ether oxygens (including phenoxy) is 1. The van der Waals surface area contributed by atoms with E-state index in [4.69, 9.17) is 4.74 Å². The molecule has 142 valence electrons. The van der Waals surface area contributed by atoms with E-state index >= 15 is 0 Å². The van der Waals surface area contributed by atoms with Crippen LogP contribution in [0.25, 0.3) is 11.1 Å². The smallest absolute Gasteiger partial charge is 0.257 e. The van der Waals surface area contributed by atoms with Gasteiger partial charge in [0.05, 0.1) is 18.4 Å². The van der Waals surface area contributed by atoms with Crippen molar-refractivity contribution in [1.82, 2.24) is 15.1 Å². The van der Waals surface area contributed by atoms with Gasteiger partial charge < -0.3 is 9.64 Å². The fourth-order valence-corrected chi connectivity index (χ4v) is 4.38. The van der Waals surface area contributed by atoms with E-state index in [0.29, 0.717) is 18.1 Å². The molecule has 3 aromatic rings. The number of nitrogens with zero attached hydrogens (tertiary/aromatic N) is 2. The maximum absolute atomic E-state index is 13.1. The first kappa shape index (κ1) is 17.0. The number of hydrogen-bond donors (Lipinski definition) is 1. The largest absolute Gasteiger partial charge is 0.492 e. The molecule has 2 aliphatic rings. The number of aromatic nitrogens is 2. The zero-order chi connectivity index (χ0) is 18.9. The predicted molar refractivity (Wildman–Crippen MR) is 108 cm³/mol. The molecule has 5 nitrogen and oxygen atoms in total. The Labute approximate surface area is 164 Å². The van der Waals surface area contributed by atoms with Gasteiger partial charge in [0.2, 0.25) is 0 Å². The molecule has 1 amide bonds. The molecule has 1 N–H and O–H groups in total. The number of nitrogens with one attached hydrogen (secondary N) is 1. The van der Waals surface area contributed by atoms with Gasteiger partial charge in [-0.15, -0.1) is 0 Å². The summed E-state index contributed by atoms with van der Waals surface area (Å²) in [6, 6.07) is 16.3. The fourth-order valence-electron chi connectivity index (χ4n) is 4.38. The molecule has 0 bridgehead atoms. The van der Waals surface area contributed by atoms with Gasteiger partial charge in [0.25, 0.3) is 5.91 Å². The number of amides is 1. The van der Waals surface area contributed by atoms with Crippen LogP contribution in [0.5, 0.6) is 5.75 Å². The molecule has 3 heterocycles. The number of fused-ring (bicyclic) bond motifs is 1. The maximum Gasteiger partial charge on any atom is 0.257 e. The molecule has 0 radical (unpaired) electrons. The molecule has 1 saturated heterocycles. The number of aromatic amines is 1. The van der Waals surface area contributed by atoms with Gasteiger partial charge >= 0.3 is 0 Å². The highest BCUT2D eigenvalue weighted by atomic mass is 16.5. The van der Waals surface area contributed by atoms with Crippen LogP contribution < -0.4 is 4.74 Å². The van der Waals surface area contributed by atoms with Crippen LogP contribution in [0.4, 0.5) is 0 Å².